The summed E-state index contributed by atoms with van der Waals surface area (Å²) in [5, 5.41) is 0.225. The van der Waals surface area contributed by atoms with Crippen molar-refractivity contribution in [3.05, 3.63) is 29.8 Å². The Labute approximate surface area is 107 Å². The Morgan fingerprint density at radius 1 is 1.41 bits per heavy atom. The highest BCUT2D eigenvalue weighted by Crippen LogP contribution is 2.31. The molecule has 1 aromatic carbocycles. The molecule has 0 radical (unpaired) electrons. The molecule has 0 aliphatic heterocycles. The molecule has 3 nitrogen and oxygen atoms in total. The van der Waals surface area contributed by atoms with Gasteiger partial charge in [0.05, 0.1) is 4.90 Å². The summed E-state index contributed by atoms with van der Waals surface area (Å²) in [6, 6.07) is 6.92. The Kier molecular flexibility index (Phi) is 3.76. The van der Waals surface area contributed by atoms with Crippen molar-refractivity contribution < 1.29 is 8.42 Å². The molecule has 1 saturated carbocycles. The van der Waals surface area contributed by atoms with Crippen molar-refractivity contribution in [3.8, 4) is 0 Å². The van der Waals surface area contributed by atoms with Gasteiger partial charge in [0.2, 0.25) is 10.0 Å². The average Bonchev–Trinajstić information content (AvgIpc) is 2.23. The van der Waals surface area contributed by atoms with E-state index < -0.39 is 10.0 Å². The highest BCUT2D eigenvalue weighted by molar-refractivity contribution is 7.89. The quantitative estimate of drug-likeness (QED) is 0.856. The van der Waals surface area contributed by atoms with Crippen LogP contribution < -0.4 is 4.72 Å². The third kappa shape index (κ3) is 3.21. The molecule has 17 heavy (non-hydrogen) atoms. The van der Waals surface area contributed by atoms with Crippen LogP contribution in [0.25, 0.3) is 0 Å². The largest absolute Gasteiger partial charge is 0.240 e. The summed E-state index contributed by atoms with van der Waals surface area (Å²) in [6.07, 6.45) is 1.80. The summed E-state index contributed by atoms with van der Waals surface area (Å²) in [5.41, 5.74) is 0.942. The molecule has 0 heterocycles. The molecule has 0 unspecified atom stereocenters. The molecule has 1 aliphatic rings. The third-order valence-corrected chi connectivity index (χ3v) is 4.82. The highest BCUT2D eigenvalue weighted by Gasteiger charge is 2.28. The molecule has 0 saturated heterocycles. The van der Waals surface area contributed by atoms with E-state index in [0.717, 1.165) is 18.4 Å². The van der Waals surface area contributed by atoms with Crippen molar-refractivity contribution >= 4 is 21.6 Å². The lowest BCUT2D eigenvalue weighted by Gasteiger charge is -2.30. The Bertz CT molecular complexity index is 495. The fraction of sp³-hybridized carbons (Fsp3) is 0.500. The number of alkyl halides is 1. The van der Waals surface area contributed by atoms with Gasteiger partial charge < -0.3 is 0 Å². The minimum atomic E-state index is -3.36. The summed E-state index contributed by atoms with van der Waals surface area (Å²) in [6.45, 7) is 2.36. The zero-order chi connectivity index (χ0) is 12.5. The van der Waals surface area contributed by atoms with Crippen LogP contribution in [0.3, 0.4) is 0 Å². The fourth-order valence-corrected chi connectivity index (χ4v) is 3.64. The normalized spacial score (nSPS) is 24.4. The summed E-state index contributed by atoms with van der Waals surface area (Å²) >= 11 is 5.85. The van der Waals surface area contributed by atoms with Gasteiger partial charge in [-0.2, -0.15) is 0 Å². The summed E-state index contributed by atoms with van der Waals surface area (Å²) in [4.78, 5) is 0.333. The van der Waals surface area contributed by atoms with E-state index in [0.29, 0.717) is 17.4 Å². The van der Waals surface area contributed by atoms with Crippen LogP contribution in [0.5, 0.6) is 0 Å². The monoisotopic (exact) mass is 273 g/mol. The number of hydrogen-bond acceptors (Lipinski definition) is 2. The molecule has 1 fully saturated rings. The van der Waals surface area contributed by atoms with Crippen LogP contribution >= 0.6 is 11.6 Å². The van der Waals surface area contributed by atoms with E-state index in [2.05, 4.69) is 4.72 Å². The van der Waals surface area contributed by atoms with Crippen molar-refractivity contribution in [2.75, 3.05) is 6.54 Å². The van der Waals surface area contributed by atoms with Gasteiger partial charge >= 0.3 is 0 Å². The van der Waals surface area contributed by atoms with Crippen LogP contribution in [0.4, 0.5) is 0 Å². The van der Waals surface area contributed by atoms with E-state index in [1.54, 1.807) is 18.2 Å². The van der Waals surface area contributed by atoms with Crippen LogP contribution in [0.15, 0.2) is 29.2 Å². The van der Waals surface area contributed by atoms with Gasteiger partial charge in [0.15, 0.2) is 0 Å². The highest BCUT2D eigenvalue weighted by atomic mass is 35.5. The van der Waals surface area contributed by atoms with E-state index in [1.165, 1.54) is 0 Å². The Hall–Kier alpha value is -0.580. The topological polar surface area (TPSA) is 46.2 Å². The van der Waals surface area contributed by atoms with Gasteiger partial charge in [-0.1, -0.05) is 12.1 Å². The zero-order valence-corrected chi connectivity index (χ0v) is 11.3. The SMILES string of the molecule is Cc1cccc(S(=O)(=O)NCC2CC(Cl)C2)c1. The first-order valence-electron chi connectivity index (χ1n) is 5.68. The molecule has 0 bridgehead atoms. The van der Waals surface area contributed by atoms with Crippen molar-refractivity contribution in [2.24, 2.45) is 5.92 Å². The average molecular weight is 274 g/mol. The summed E-state index contributed by atoms with van der Waals surface area (Å²) in [7, 11) is -3.36. The maximum absolute atomic E-state index is 12.0. The molecule has 0 aromatic heterocycles. The van der Waals surface area contributed by atoms with Gasteiger partial charge in [-0.05, 0) is 43.4 Å². The molecular formula is C12H16ClNO2S. The predicted octanol–water partition coefficient (Wildman–Crippen LogP) is 2.29. The number of aryl methyl sites for hydroxylation is 1. The molecular weight excluding hydrogens is 258 g/mol. The lowest BCUT2D eigenvalue weighted by Crippen LogP contribution is -2.36. The van der Waals surface area contributed by atoms with Gasteiger partial charge in [-0.15, -0.1) is 11.6 Å². The molecule has 0 atom stereocenters. The van der Waals surface area contributed by atoms with Gasteiger partial charge in [0, 0.05) is 11.9 Å². The van der Waals surface area contributed by atoms with Gasteiger partial charge in [-0.3, -0.25) is 0 Å². The molecule has 1 aliphatic carbocycles. The molecule has 0 amide bonds. The Morgan fingerprint density at radius 3 is 2.71 bits per heavy atom. The standard InChI is InChI=1S/C12H16ClNO2S/c1-9-3-2-4-12(5-9)17(15,16)14-8-10-6-11(13)7-10/h2-5,10-11,14H,6-8H2,1H3. The Balaban J connectivity index is 1.99. The summed E-state index contributed by atoms with van der Waals surface area (Å²) < 4.78 is 26.6. The number of hydrogen-bond donors (Lipinski definition) is 1. The van der Waals surface area contributed by atoms with E-state index in [-0.39, 0.29) is 5.38 Å². The van der Waals surface area contributed by atoms with Crippen LogP contribution in [0, 0.1) is 12.8 Å². The van der Waals surface area contributed by atoms with E-state index in [4.69, 9.17) is 11.6 Å². The third-order valence-electron chi connectivity index (χ3n) is 3.04. The second-order valence-corrected chi connectivity index (χ2v) is 6.99. The number of rotatable bonds is 4. The maximum Gasteiger partial charge on any atom is 0.240 e. The predicted molar refractivity (Wildman–Crippen MR) is 68.7 cm³/mol. The van der Waals surface area contributed by atoms with Gasteiger partial charge in [-0.25, -0.2) is 13.1 Å². The first kappa shape index (κ1) is 12.9. The molecule has 94 valence electrons. The minimum Gasteiger partial charge on any atom is -0.211 e. The first-order valence-corrected chi connectivity index (χ1v) is 7.60. The molecule has 5 heteroatoms. The number of benzene rings is 1. The van der Waals surface area contributed by atoms with E-state index in [9.17, 15) is 8.42 Å². The van der Waals surface area contributed by atoms with Crippen LogP contribution in [-0.4, -0.2) is 20.3 Å². The van der Waals surface area contributed by atoms with Crippen molar-refractivity contribution in [1.82, 2.24) is 4.72 Å². The lowest BCUT2D eigenvalue weighted by molar-refractivity contribution is 0.324. The first-order chi connectivity index (χ1) is 7.97. The van der Waals surface area contributed by atoms with Crippen LogP contribution in [-0.2, 0) is 10.0 Å². The lowest BCUT2D eigenvalue weighted by atomic mass is 9.85. The van der Waals surface area contributed by atoms with Crippen molar-refractivity contribution in [2.45, 2.75) is 30.0 Å². The molecule has 1 N–H and O–H groups in total. The van der Waals surface area contributed by atoms with E-state index in [1.807, 2.05) is 13.0 Å². The fourth-order valence-electron chi connectivity index (χ4n) is 1.91. The van der Waals surface area contributed by atoms with Crippen LogP contribution in [0.2, 0.25) is 0 Å². The smallest absolute Gasteiger partial charge is 0.211 e. The molecule has 0 spiro atoms. The number of nitrogens with one attached hydrogen (secondary N) is 1. The van der Waals surface area contributed by atoms with E-state index >= 15 is 0 Å². The second-order valence-electron chi connectivity index (χ2n) is 4.60. The molecule has 2 rings (SSSR count). The summed E-state index contributed by atoms with van der Waals surface area (Å²) in [5.74, 6) is 0.386. The van der Waals surface area contributed by atoms with Crippen molar-refractivity contribution in [3.63, 3.8) is 0 Å². The van der Waals surface area contributed by atoms with Crippen molar-refractivity contribution in [1.29, 1.82) is 0 Å². The van der Waals surface area contributed by atoms with Crippen LogP contribution in [0.1, 0.15) is 18.4 Å². The van der Waals surface area contributed by atoms with Gasteiger partial charge in [0.1, 0.15) is 0 Å². The second kappa shape index (κ2) is 4.96. The van der Waals surface area contributed by atoms with Gasteiger partial charge in [0.25, 0.3) is 0 Å². The zero-order valence-electron chi connectivity index (χ0n) is 9.69. The minimum absolute atomic E-state index is 0.225. The molecule has 1 aromatic rings. The Morgan fingerprint density at radius 2 is 2.12 bits per heavy atom. The number of sulfonamides is 1. The number of halogens is 1. The maximum atomic E-state index is 12.0.